The number of aromatic nitrogens is 2. The van der Waals surface area contributed by atoms with Gasteiger partial charge in [0.1, 0.15) is 11.6 Å². The van der Waals surface area contributed by atoms with Crippen molar-refractivity contribution in [2.75, 3.05) is 5.73 Å². The SMILES string of the molecule is Nc1c(Cc2ccccc2)nc(C2CCCC2)n1C1CC1. The van der Waals surface area contributed by atoms with Crippen molar-refractivity contribution in [1.82, 2.24) is 9.55 Å². The van der Waals surface area contributed by atoms with Crippen molar-refractivity contribution in [3.63, 3.8) is 0 Å². The Labute approximate surface area is 126 Å². The van der Waals surface area contributed by atoms with Crippen molar-refractivity contribution in [2.24, 2.45) is 0 Å². The van der Waals surface area contributed by atoms with Crippen LogP contribution in [0.4, 0.5) is 5.82 Å². The largest absolute Gasteiger partial charge is 0.384 e. The highest BCUT2D eigenvalue weighted by Crippen LogP contribution is 2.43. The van der Waals surface area contributed by atoms with E-state index >= 15 is 0 Å². The van der Waals surface area contributed by atoms with Crippen LogP contribution in [-0.2, 0) is 6.42 Å². The van der Waals surface area contributed by atoms with Gasteiger partial charge >= 0.3 is 0 Å². The smallest absolute Gasteiger partial charge is 0.127 e. The third-order valence-corrected chi connectivity index (χ3v) is 4.90. The molecule has 1 aromatic heterocycles. The molecule has 0 spiro atoms. The maximum absolute atomic E-state index is 6.46. The Morgan fingerprint density at radius 1 is 1.05 bits per heavy atom. The van der Waals surface area contributed by atoms with Gasteiger partial charge in [-0.2, -0.15) is 0 Å². The number of imidazole rings is 1. The summed E-state index contributed by atoms with van der Waals surface area (Å²) in [5, 5.41) is 0. The van der Waals surface area contributed by atoms with Gasteiger partial charge in [0.2, 0.25) is 0 Å². The fourth-order valence-corrected chi connectivity index (χ4v) is 3.62. The summed E-state index contributed by atoms with van der Waals surface area (Å²) < 4.78 is 2.37. The summed E-state index contributed by atoms with van der Waals surface area (Å²) in [5.41, 5.74) is 8.83. The number of nitrogens with zero attached hydrogens (tertiary/aromatic N) is 2. The zero-order valence-electron chi connectivity index (χ0n) is 12.5. The zero-order valence-corrected chi connectivity index (χ0v) is 12.5. The highest BCUT2D eigenvalue weighted by molar-refractivity contribution is 5.43. The Balaban J connectivity index is 1.69. The van der Waals surface area contributed by atoms with Crippen molar-refractivity contribution >= 4 is 5.82 Å². The standard InChI is InChI=1S/C18H23N3/c19-17-16(12-13-6-2-1-3-7-13)20-18(14-8-4-5-9-14)21(17)15-10-11-15/h1-3,6-7,14-15H,4-5,8-12,19H2. The number of anilines is 1. The number of nitrogens with two attached hydrogens (primary N) is 1. The predicted octanol–water partition coefficient (Wildman–Crippen LogP) is 4.05. The lowest BCUT2D eigenvalue weighted by atomic mass is 10.1. The Bertz CT molecular complexity index is 619. The molecule has 2 saturated carbocycles. The third-order valence-electron chi connectivity index (χ3n) is 4.90. The summed E-state index contributed by atoms with van der Waals surface area (Å²) in [6.07, 6.45) is 8.65. The number of benzene rings is 1. The molecule has 3 nitrogen and oxygen atoms in total. The molecule has 0 radical (unpaired) electrons. The summed E-state index contributed by atoms with van der Waals surface area (Å²) >= 11 is 0. The van der Waals surface area contributed by atoms with Crippen molar-refractivity contribution in [3.05, 3.63) is 47.4 Å². The van der Waals surface area contributed by atoms with Gasteiger partial charge in [-0.15, -0.1) is 0 Å². The van der Waals surface area contributed by atoms with E-state index in [0.717, 1.165) is 17.9 Å². The molecule has 2 aliphatic carbocycles. The summed E-state index contributed by atoms with van der Waals surface area (Å²) in [6.45, 7) is 0. The Morgan fingerprint density at radius 3 is 2.43 bits per heavy atom. The van der Waals surface area contributed by atoms with Crippen molar-refractivity contribution in [1.29, 1.82) is 0 Å². The highest BCUT2D eigenvalue weighted by atomic mass is 15.2. The van der Waals surface area contributed by atoms with Crippen LogP contribution in [-0.4, -0.2) is 9.55 Å². The molecule has 3 heteroatoms. The molecular formula is C18H23N3. The van der Waals surface area contributed by atoms with Gasteiger partial charge < -0.3 is 10.3 Å². The van der Waals surface area contributed by atoms with E-state index in [1.54, 1.807) is 0 Å². The van der Waals surface area contributed by atoms with Crippen LogP contribution < -0.4 is 5.73 Å². The van der Waals surface area contributed by atoms with Crippen LogP contribution in [0.25, 0.3) is 0 Å². The van der Waals surface area contributed by atoms with Gasteiger partial charge in [-0.25, -0.2) is 4.98 Å². The van der Waals surface area contributed by atoms with Crippen LogP contribution in [0.5, 0.6) is 0 Å². The van der Waals surface area contributed by atoms with Crippen LogP contribution in [0.3, 0.4) is 0 Å². The van der Waals surface area contributed by atoms with Crippen molar-refractivity contribution in [2.45, 2.75) is 56.9 Å². The third kappa shape index (κ3) is 2.45. The maximum atomic E-state index is 6.46. The molecule has 0 saturated heterocycles. The van der Waals surface area contributed by atoms with E-state index in [1.165, 1.54) is 49.9 Å². The summed E-state index contributed by atoms with van der Waals surface area (Å²) in [4.78, 5) is 4.99. The average molecular weight is 281 g/mol. The first-order valence-electron chi connectivity index (χ1n) is 8.23. The predicted molar refractivity (Wildman–Crippen MR) is 85.4 cm³/mol. The van der Waals surface area contributed by atoms with E-state index in [4.69, 9.17) is 10.7 Å². The van der Waals surface area contributed by atoms with Crippen LogP contribution >= 0.6 is 0 Å². The van der Waals surface area contributed by atoms with Gasteiger partial charge in [-0.1, -0.05) is 43.2 Å². The minimum Gasteiger partial charge on any atom is -0.384 e. The number of rotatable bonds is 4. The van der Waals surface area contributed by atoms with Crippen LogP contribution in [0, 0.1) is 0 Å². The maximum Gasteiger partial charge on any atom is 0.127 e. The second-order valence-corrected chi connectivity index (χ2v) is 6.55. The summed E-state index contributed by atoms with van der Waals surface area (Å²) in [5.74, 6) is 2.83. The molecule has 0 aliphatic heterocycles. The summed E-state index contributed by atoms with van der Waals surface area (Å²) in [7, 11) is 0. The van der Waals surface area contributed by atoms with Gasteiger partial charge in [0.15, 0.2) is 0 Å². The van der Waals surface area contributed by atoms with E-state index in [0.29, 0.717) is 12.0 Å². The fourth-order valence-electron chi connectivity index (χ4n) is 3.62. The first kappa shape index (κ1) is 12.9. The molecule has 2 N–H and O–H groups in total. The van der Waals surface area contributed by atoms with Crippen molar-refractivity contribution < 1.29 is 0 Å². The summed E-state index contributed by atoms with van der Waals surface area (Å²) in [6, 6.07) is 11.2. The lowest BCUT2D eigenvalue weighted by molar-refractivity contribution is 0.596. The fraction of sp³-hybridized carbons (Fsp3) is 0.500. The molecule has 0 bridgehead atoms. The monoisotopic (exact) mass is 281 g/mol. The number of hydrogen-bond donors (Lipinski definition) is 1. The average Bonchev–Trinajstić information content (AvgIpc) is 3.09. The Hall–Kier alpha value is -1.77. The number of nitrogen functional groups attached to an aromatic ring is 1. The topological polar surface area (TPSA) is 43.8 Å². The van der Waals surface area contributed by atoms with Crippen LogP contribution in [0.15, 0.2) is 30.3 Å². The Morgan fingerprint density at radius 2 is 1.76 bits per heavy atom. The second kappa shape index (κ2) is 5.21. The molecular weight excluding hydrogens is 258 g/mol. The van der Waals surface area contributed by atoms with Gasteiger partial charge in [0.05, 0.1) is 5.69 Å². The lowest BCUT2D eigenvalue weighted by Gasteiger charge is -2.12. The van der Waals surface area contributed by atoms with E-state index < -0.39 is 0 Å². The minimum atomic E-state index is 0.623. The molecule has 0 atom stereocenters. The van der Waals surface area contributed by atoms with Gasteiger partial charge in [0, 0.05) is 18.4 Å². The molecule has 21 heavy (non-hydrogen) atoms. The first-order chi connectivity index (χ1) is 10.3. The number of hydrogen-bond acceptors (Lipinski definition) is 2. The van der Waals surface area contributed by atoms with E-state index in [-0.39, 0.29) is 0 Å². The van der Waals surface area contributed by atoms with E-state index in [9.17, 15) is 0 Å². The molecule has 2 aromatic rings. The molecule has 2 fully saturated rings. The molecule has 4 rings (SSSR count). The molecule has 1 aromatic carbocycles. The normalized spacial score (nSPS) is 19.2. The van der Waals surface area contributed by atoms with E-state index in [1.807, 2.05) is 0 Å². The highest BCUT2D eigenvalue weighted by Gasteiger charge is 2.33. The molecule has 0 unspecified atom stereocenters. The lowest BCUT2D eigenvalue weighted by Crippen LogP contribution is -2.08. The van der Waals surface area contributed by atoms with Crippen molar-refractivity contribution in [3.8, 4) is 0 Å². The van der Waals surface area contributed by atoms with Crippen LogP contribution in [0.2, 0.25) is 0 Å². The molecule has 110 valence electrons. The first-order valence-corrected chi connectivity index (χ1v) is 8.23. The molecule has 0 amide bonds. The molecule has 1 heterocycles. The molecule has 2 aliphatic rings. The van der Waals surface area contributed by atoms with E-state index in [2.05, 4.69) is 34.9 Å². The Kier molecular flexibility index (Phi) is 3.21. The van der Waals surface area contributed by atoms with Gasteiger partial charge in [-0.05, 0) is 31.2 Å². The van der Waals surface area contributed by atoms with Gasteiger partial charge in [0.25, 0.3) is 0 Å². The second-order valence-electron chi connectivity index (χ2n) is 6.55. The zero-order chi connectivity index (χ0) is 14.2. The minimum absolute atomic E-state index is 0.623. The van der Waals surface area contributed by atoms with Gasteiger partial charge in [-0.3, -0.25) is 0 Å². The van der Waals surface area contributed by atoms with Crippen LogP contribution in [0.1, 0.15) is 67.6 Å². The quantitative estimate of drug-likeness (QED) is 0.918.